The van der Waals surface area contributed by atoms with Gasteiger partial charge in [-0.1, -0.05) is 28.1 Å². The van der Waals surface area contributed by atoms with Crippen LogP contribution < -0.4 is 5.32 Å². The standard InChI is InChI=1S/C25H29BrN4O/c26-20-3-1-2-16(9-20)13-30-5-4-21-22(14-30)27-15-28-23(21)29-24(31)25-10-17-6-18(11-25)8-19(7-17)12-25/h1-3,9,15,17-19H,4-8,10-14H2,(H,27,28,29,31). The van der Waals surface area contributed by atoms with Crippen molar-refractivity contribution in [2.75, 3.05) is 11.9 Å². The van der Waals surface area contributed by atoms with Crippen LogP contribution in [-0.2, 0) is 24.3 Å². The lowest BCUT2D eigenvalue weighted by Gasteiger charge is -2.55. The molecule has 1 amide bonds. The molecule has 1 N–H and O–H groups in total. The lowest BCUT2D eigenvalue weighted by molar-refractivity contribution is -0.140. The molecule has 1 aromatic carbocycles. The van der Waals surface area contributed by atoms with Crippen LogP contribution in [0.4, 0.5) is 5.82 Å². The average molecular weight is 481 g/mol. The third-order valence-electron chi connectivity index (χ3n) is 8.13. The minimum Gasteiger partial charge on any atom is -0.310 e. The van der Waals surface area contributed by atoms with Crippen LogP contribution in [0.25, 0.3) is 0 Å². The third kappa shape index (κ3) is 3.72. The molecule has 7 rings (SSSR count). The summed E-state index contributed by atoms with van der Waals surface area (Å²) in [6.07, 6.45) is 9.79. The number of amides is 1. The molecular formula is C25H29BrN4O. The first-order chi connectivity index (χ1) is 15.1. The molecule has 2 heterocycles. The Kier molecular flexibility index (Phi) is 4.91. The fourth-order valence-electron chi connectivity index (χ4n) is 7.17. The fraction of sp³-hybridized carbons (Fsp3) is 0.560. The van der Waals surface area contributed by atoms with Crippen molar-refractivity contribution < 1.29 is 4.79 Å². The van der Waals surface area contributed by atoms with Crippen LogP contribution >= 0.6 is 15.9 Å². The Hall–Kier alpha value is -1.79. The zero-order chi connectivity index (χ0) is 21.0. The lowest BCUT2D eigenvalue weighted by atomic mass is 9.49. The maximum Gasteiger partial charge on any atom is 0.231 e. The molecule has 0 atom stereocenters. The number of nitrogens with zero attached hydrogens (tertiary/aromatic N) is 3. The van der Waals surface area contributed by atoms with Gasteiger partial charge in [-0.15, -0.1) is 0 Å². The number of halogens is 1. The van der Waals surface area contributed by atoms with E-state index in [1.165, 1.54) is 24.8 Å². The zero-order valence-electron chi connectivity index (χ0n) is 17.8. The summed E-state index contributed by atoms with van der Waals surface area (Å²) in [7, 11) is 0. The van der Waals surface area contributed by atoms with E-state index in [0.29, 0.717) is 0 Å². The van der Waals surface area contributed by atoms with Crippen molar-refractivity contribution in [2.24, 2.45) is 23.2 Å². The number of rotatable bonds is 4. The van der Waals surface area contributed by atoms with Crippen molar-refractivity contribution in [1.82, 2.24) is 14.9 Å². The van der Waals surface area contributed by atoms with Crippen LogP contribution in [0.3, 0.4) is 0 Å². The Labute approximate surface area is 192 Å². The number of hydrogen-bond acceptors (Lipinski definition) is 4. The SMILES string of the molecule is O=C(Nc1ncnc2c1CCN(Cc1cccc(Br)c1)C2)C12CC3CC(CC(C3)C1)C2. The molecule has 162 valence electrons. The predicted molar refractivity (Wildman–Crippen MR) is 123 cm³/mol. The van der Waals surface area contributed by atoms with Gasteiger partial charge in [0.2, 0.25) is 5.91 Å². The Morgan fingerprint density at radius 1 is 1.13 bits per heavy atom. The molecule has 0 unspecified atom stereocenters. The van der Waals surface area contributed by atoms with Gasteiger partial charge in [-0.3, -0.25) is 9.69 Å². The topological polar surface area (TPSA) is 58.1 Å². The second kappa shape index (κ2) is 7.66. The smallest absolute Gasteiger partial charge is 0.231 e. The van der Waals surface area contributed by atoms with E-state index in [1.54, 1.807) is 6.33 Å². The highest BCUT2D eigenvalue weighted by atomic mass is 79.9. The maximum absolute atomic E-state index is 13.5. The summed E-state index contributed by atoms with van der Waals surface area (Å²) in [6, 6.07) is 8.47. The van der Waals surface area contributed by atoms with Crippen molar-refractivity contribution in [3.05, 3.63) is 51.9 Å². The van der Waals surface area contributed by atoms with Gasteiger partial charge in [0, 0.05) is 29.7 Å². The van der Waals surface area contributed by atoms with Gasteiger partial charge in [-0.2, -0.15) is 0 Å². The maximum atomic E-state index is 13.5. The summed E-state index contributed by atoms with van der Waals surface area (Å²) in [5, 5.41) is 3.28. The number of nitrogens with one attached hydrogen (secondary N) is 1. The second-order valence-electron chi connectivity index (χ2n) is 10.4. The molecular weight excluding hydrogens is 452 g/mol. The molecule has 0 saturated heterocycles. The van der Waals surface area contributed by atoms with Crippen LogP contribution in [0, 0.1) is 23.2 Å². The first-order valence-electron chi connectivity index (χ1n) is 11.7. The van der Waals surface area contributed by atoms with Crippen LogP contribution in [-0.4, -0.2) is 27.3 Å². The van der Waals surface area contributed by atoms with Crippen LogP contribution in [0.1, 0.15) is 55.3 Å². The highest BCUT2D eigenvalue weighted by Gasteiger charge is 2.54. The Morgan fingerprint density at radius 3 is 2.58 bits per heavy atom. The monoisotopic (exact) mass is 480 g/mol. The van der Waals surface area contributed by atoms with Crippen LogP contribution in [0.15, 0.2) is 35.1 Å². The van der Waals surface area contributed by atoms with Gasteiger partial charge in [0.25, 0.3) is 0 Å². The second-order valence-corrected chi connectivity index (χ2v) is 11.3. The normalized spacial score (nSPS) is 31.5. The lowest BCUT2D eigenvalue weighted by Crippen LogP contribution is -2.52. The van der Waals surface area contributed by atoms with E-state index >= 15 is 0 Å². The molecule has 5 aliphatic rings. The largest absolute Gasteiger partial charge is 0.310 e. The fourth-order valence-corrected chi connectivity index (χ4v) is 7.62. The molecule has 1 aromatic heterocycles. The van der Waals surface area contributed by atoms with E-state index in [2.05, 4.69) is 60.4 Å². The van der Waals surface area contributed by atoms with Crippen molar-refractivity contribution in [3.63, 3.8) is 0 Å². The molecule has 5 nitrogen and oxygen atoms in total. The van der Waals surface area contributed by atoms with Crippen molar-refractivity contribution in [2.45, 2.75) is 58.0 Å². The van der Waals surface area contributed by atoms with E-state index in [4.69, 9.17) is 0 Å². The molecule has 4 fully saturated rings. The van der Waals surface area contributed by atoms with Crippen LogP contribution in [0.5, 0.6) is 0 Å². The number of carbonyl (C=O) groups excluding carboxylic acids is 1. The molecule has 0 spiro atoms. The first-order valence-corrected chi connectivity index (χ1v) is 12.5. The van der Waals surface area contributed by atoms with Crippen LogP contribution in [0.2, 0.25) is 0 Å². The molecule has 31 heavy (non-hydrogen) atoms. The van der Waals surface area contributed by atoms with Gasteiger partial charge in [0.1, 0.15) is 12.1 Å². The Morgan fingerprint density at radius 2 is 1.87 bits per heavy atom. The number of fused-ring (bicyclic) bond motifs is 1. The molecule has 6 heteroatoms. The number of benzene rings is 1. The minimum absolute atomic E-state index is 0.145. The molecule has 4 saturated carbocycles. The van der Waals surface area contributed by atoms with Gasteiger partial charge < -0.3 is 5.32 Å². The summed E-state index contributed by atoms with van der Waals surface area (Å²) in [5.74, 6) is 3.28. The van der Waals surface area contributed by atoms with Gasteiger partial charge in [-0.05, 0) is 80.4 Å². The van der Waals surface area contributed by atoms with Gasteiger partial charge in [0.05, 0.1) is 11.1 Å². The Bertz CT molecular complexity index is 987. The quantitative estimate of drug-likeness (QED) is 0.672. The molecule has 4 aliphatic carbocycles. The van der Waals surface area contributed by atoms with E-state index in [0.717, 1.165) is 84.6 Å². The predicted octanol–water partition coefficient (Wildman–Crippen LogP) is 4.95. The van der Waals surface area contributed by atoms with E-state index in [-0.39, 0.29) is 11.3 Å². The summed E-state index contributed by atoms with van der Waals surface area (Å²) in [5.41, 5.74) is 3.33. The number of hydrogen-bond donors (Lipinski definition) is 1. The van der Waals surface area contributed by atoms with Gasteiger partial charge in [-0.25, -0.2) is 9.97 Å². The Balaban J connectivity index is 1.18. The van der Waals surface area contributed by atoms with E-state index in [9.17, 15) is 4.79 Å². The summed E-state index contributed by atoms with van der Waals surface area (Å²) >= 11 is 3.56. The number of aromatic nitrogens is 2. The minimum atomic E-state index is -0.145. The van der Waals surface area contributed by atoms with Crippen molar-refractivity contribution in [3.8, 4) is 0 Å². The molecule has 1 aliphatic heterocycles. The molecule has 0 radical (unpaired) electrons. The summed E-state index contributed by atoms with van der Waals surface area (Å²) in [6.45, 7) is 2.65. The third-order valence-corrected chi connectivity index (χ3v) is 8.63. The van der Waals surface area contributed by atoms with E-state index < -0.39 is 0 Å². The molecule has 2 aromatic rings. The molecule has 4 bridgehead atoms. The van der Waals surface area contributed by atoms with Crippen molar-refractivity contribution in [1.29, 1.82) is 0 Å². The summed E-state index contributed by atoms with van der Waals surface area (Å²) < 4.78 is 1.11. The number of carbonyl (C=O) groups is 1. The van der Waals surface area contributed by atoms with Gasteiger partial charge >= 0.3 is 0 Å². The average Bonchev–Trinajstić information content (AvgIpc) is 2.73. The summed E-state index contributed by atoms with van der Waals surface area (Å²) in [4.78, 5) is 25.0. The van der Waals surface area contributed by atoms with Crippen molar-refractivity contribution >= 4 is 27.7 Å². The number of anilines is 1. The highest BCUT2D eigenvalue weighted by Crippen LogP contribution is 2.60. The van der Waals surface area contributed by atoms with Gasteiger partial charge in [0.15, 0.2) is 0 Å². The first kappa shape index (κ1) is 19.9. The highest BCUT2D eigenvalue weighted by molar-refractivity contribution is 9.10. The zero-order valence-corrected chi connectivity index (χ0v) is 19.4. The van der Waals surface area contributed by atoms with E-state index in [1.807, 2.05) is 0 Å².